The summed E-state index contributed by atoms with van der Waals surface area (Å²) in [5.74, 6) is 0. The van der Waals surface area contributed by atoms with Crippen LogP contribution in [0.15, 0.2) is 12.1 Å². The van der Waals surface area contributed by atoms with Gasteiger partial charge in [0.25, 0.3) is 0 Å². The lowest BCUT2D eigenvalue weighted by Crippen LogP contribution is -2.15. The van der Waals surface area contributed by atoms with E-state index in [0.717, 1.165) is 24.5 Å². The summed E-state index contributed by atoms with van der Waals surface area (Å²) in [5.41, 5.74) is 3.94. The van der Waals surface area contributed by atoms with Gasteiger partial charge in [-0.15, -0.1) is 0 Å². The molecule has 0 aromatic heterocycles. The normalized spacial score (nSPS) is 10.9. The largest absolute Gasteiger partial charge is 0.317 e. The number of rotatable bonds is 8. The zero-order valence-electron chi connectivity index (χ0n) is 12.0. The molecule has 0 spiro atoms. The third-order valence-corrected chi connectivity index (χ3v) is 3.74. The average Bonchev–Trinajstić information content (AvgIpc) is 2.34. The van der Waals surface area contributed by atoms with Gasteiger partial charge in [-0.1, -0.05) is 31.0 Å². The third kappa shape index (κ3) is 5.41. The fraction of sp³-hybridized carbons (Fsp3) is 0.625. The van der Waals surface area contributed by atoms with E-state index in [9.17, 15) is 0 Å². The lowest BCUT2D eigenvalue weighted by molar-refractivity contribution is 0.599. The Labute approximate surface area is 117 Å². The molecule has 1 nitrogen and oxygen atoms in total. The molecule has 0 unspecified atom stereocenters. The Balaban J connectivity index is 2.25. The van der Waals surface area contributed by atoms with E-state index in [-0.39, 0.29) is 0 Å². The summed E-state index contributed by atoms with van der Waals surface area (Å²) in [6, 6.07) is 4.34. The Morgan fingerprint density at radius 2 is 1.72 bits per heavy atom. The molecule has 1 aromatic carbocycles. The van der Waals surface area contributed by atoms with Crippen LogP contribution in [-0.2, 0) is 6.42 Å². The molecule has 0 aliphatic rings. The van der Waals surface area contributed by atoms with Crippen LogP contribution in [0.3, 0.4) is 0 Å². The minimum absolute atomic E-state index is 0.933. The van der Waals surface area contributed by atoms with Gasteiger partial charge in [0, 0.05) is 5.02 Å². The number of halogens is 1. The first-order valence-corrected chi connectivity index (χ1v) is 7.49. The maximum absolute atomic E-state index is 6.27. The third-order valence-electron chi connectivity index (χ3n) is 3.39. The van der Waals surface area contributed by atoms with Gasteiger partial charge in [0.05, 0.1) is 0 Å². The first-order chi connectivity index (χ1) is 8.65. The first-order valence-electron chi connectivity index (χ1n) is 7.11. The average molecular weight is 268 g/mol. The van der Waals surface area contributed by atoms with Gasteiger partial charge in [-0.3, -0.25) is 0 Å². The summed E-state index contributed by atoms with van der Waals surface area (Å²) in [6.45, 7) is 8.76. The second-order valence-electron chi connectivity index (χ2n) is 5.09. The summed E-state index contributed by atoms with van der Waals surface area (Å²) in [5, 5.41) is 4.37. The highest BCUT2D eigenvalue weighted by Gasteiger charge is 2.03. The van der Waals surface area contributed by atoms with Crippen molar-refractivity contribution in [2.24, 2.45) is 0 Å². The smallest absolute Gasteiger partial charge is 0.0440 e. The minimum Gasteiger partial charge on any atom is -0.317 e. The molecule has 0 heterocycles. The number of nitrogens with one attached hydrogen (secondary N) is 1. The Morgan fingerprint density at radius 3 is 2.44 bits per heavy atom. The summed E-state index contributed by atoms with van der Waals surface area (Å²) in [4.78, 5) is 0. The van der Waals surface area contributed by atoms with E-state index in [1.807, 2.05) is 0 Å². The highest BCUT2D eigenvalue weighted by atomic mass is 35.5. The van der Waals surface area contributed by atoms with Gasteiger partial charge in [-0.05, 0) is 75.4 Å². The lowest BCUT2D eigenvalue weighted by Gasteiger charge is -2.08. The van der Waals surface area contributed by atoms with Crippen molar-refractivity contribution in [3.63, 3.8) is 0 Å². The molecule has 0 bridgehead atoms. The lowest BCUT2D eigenvalue weighted by atomic mass is 10.0. The van der Waals surface area contributed by atoms with E-state index in [4.69, 9.17) is 11.6 Å². The maximum atomic E-state index is 6.27. The minimum atomic E-state index is 0.933. The SMILES string of the molecule is CCCNCCCCCc1cc(C)c(C)cc1Cl. The van der Waals surface area contributed by atoms with Gasteiger partial charge >= 0.3 is 0 Å². The van der Waals surface area contributed by atoms with Crippen molar-refractivity contribution < 1.29 is 0 Å². The summed E-state index contributed by atoms with van der Waals surface area (Å²) >= 11 is 6.27. The number of benzene rings is 1. The van der Waals surface area contributed by atoms with Crippen molar-refractivity contribution in [3.8, 4) is 0 Å². The molecule has 0 saturated carbocycles. The van der Waals surface area contributed by atoms with Crippen molar-refractivity contribution >= 4 is 11.6 Å². The van der Waals surface area contributed by atoms with Crippen molar-refractivity contribution in [1.82, 2.24) is 5.32 Å². The first kappa shape index (κ1) is 15.5. The van der Waals surface area contributed by atoms with Crippen molar-refractivity contribution in [2.75, 3.05) is 13.1 Å². The summed E-state index contributed by atoms with van der Waals surface area (Å²) in [7, 11) is 0. The number of unbranched alkanes of at least 4 members (excludes halogenated alkanes) is 2. The van der Waals surface area contributed by atoms with Crippen LogP contribution in [0.25, 0.3) is 0 Å². The summed E-state index contributed by atoms with van der Waals surface area (Å²) in [6.07, 6.45) is 6.10. The Hall–Kier alpha value is -0.530. The predicted molar refractivity (Wildman–Crippen MR) is 81.6 cm³/mol. The van der Waals surface area contributed by atoms with E-state index in [1.165, 1.54) is 42.4 Å². The van der Waals surface area contributed by atoms with Crippen LogP contribution < -0.4 is 5.32 Å². The van der Waals surface area contributed by atoms with Gasteiger partial charge in [-0.2, -0.15) is 0 Å². The molecule has 0 aliphatic heterocycles. The Kier molecular flexibility index (Phi) is 7.38. The van der Waals surface area contributed by atoms with E-state index in [0.29, 0.717) is 0 Å². The Bertz CT molecular complexity index is 360. The molecule has 0 fully saturated rings. The van der Waals surface area contributed by atoms with Crippen LogP contribution in [0.2, 0.25) is 5.02 Å². The molecule has 0 atom stereocenters. The maximum Gasteiger partial charge on any atom is 0.0440 e. The van der Waals surface area contributed by atoms with E-state index in [1.54, 1.807) is 0 Å². The predicted octanol–water partition coefficient (Wildman–Crippen LogP) is 4.67. The van der Waals surface area contributed by atoms with Gasteiger partial charge < -0.3 is 5.32 Å². The van der Waals surface area contributed by atoms with Gasteiger partial charge in [0.15, 0.2) is 0 Å². The Morgan fingerprint density at radius 1 is 1.00 bits per heavy atom. The van der Waals surface area contributed by atoms with E-state index < -0.39 is 0 Å². The van der Waals surface area contributed by atoms with Crippen LogP contribution in [0, 0.1) is 13.8 Å². The van der Waals surface area contributed by atoms with Crippen molar-refractivity contribution in [1.29, 1.82) is 0 Å². The second-order valence-corrected chi connectivity index (χ2v) is 5.50. The number of hydrogen-bond acceptors (Lipinski definition) is 1. The molecule has 0 saturated heterocycles. The fourth-order valence-electron chi connectivity index (χ4n) is 2.08. The zero-order chi connectivity index (χ0) is 13.4. The molecule has 1 N–H and O–H groups in total. The molecule has 2 heteroatoms. The zero-order valence-corrected chi connectivity index (χ0v) is 12.7. The monoisotopic (exact) mass is 267 g/mol. The van der Waals surface area contributed by atoms with Gasteiger partial charge in [0.2, 0.25) is 0 Å². The molecule has 18 heavy (non-hydrogen) atoms. The van der Waals surface area contributed by atoms with Crippen LogP contribution >= 0.6 is 11.6 Å². The molecular weight excluding hydrogens is 242 g/mol. The molecular formula is C16H26ClN. The topological polar surface area (TPSA) is 12.0 Å². The molecule has 0 amide bonds. The molecule has 102 valence electrons. The number of aryl methyl sites for hydroxylation is 3. The van der Waals surface area contributed by atoms with Crippen LogP contribution in [0.4, 0.5) is 0 Å². The quantitative estimate of drug-likeness (QED) is 0.675. The number of hydrogen-bond donors (Lipinski definition) is 1. The van der Waals surface area contributed by atoms with E-state index >= 15 is 0 Å². The van der Waals surface area contributed by atoms with Crippen LogP contribution in [0.5, 0.6) is 0 Å². The van der Waals surface area contributed by atoms with Gasteiger partial charge in [-0.25, -0.2) is 0 Å². The van der Waals surface area contributed by atoms with Crippen molar-refractivity contribution in [3.05, 3.63) is 33.8 Å². The summed E-state index contributed by atoms with van der Waals surface area (Å²) < 4.78 is 0. The fourth-order valence-corrected chi connectivity index (χ4v) is 2.39. The highest BCUT2D eigenvalue weighted by molar-refractivity contribution is 6.31. The van der Waals surface area contributed by atoms with Crippen LogP contribution in [-0.4, -0.2) is 13.1 Å². The molecule has 0 radical (unpaired) electrons. The molecule has 1 aromatic rings. The van der Waals surface area contributed by atoms with Crippen LogP contribution in [0.1, 0.15) is 49.3 Å². The molecule has 1 rings (SSSR count). The van der Waals surface area contributed by atoms with Crippen molar-refractivity contribution in [2.45, 2.75) is 52.9 Å². The van der Waals surface area contributed by atoms with Gasteiger partial charge in [0.1, 0.15) is 0 Å². The standard InChI is InChI=1S/C16H26ClN/c1-4-9-18-10-7-5-6-8-15-11-13(2)14(3)12-16(15)17/h11-12,18H,4-10H2,1-3H3. The second kappa shape index (κ2) is 8.55. The highest BCUT2D eigenvalue weighted by Crippen LogP contribution is 2.22. The molecule has 0 aliphatic carbocycles. The van der Waals surface area contributed by atoms with E-state index in [2.05, 4.69) is 38.2 Å².